The van der Waals surface area contributed by atoms with Crippen LogP contribution in [0, 0.1) is 11.6 Å². The van der Waals surface area contributed by atoms with Gasteiger partial charge >= 0.3 is 5.97 Å². The van der Waals surface area contributed by atoms with Crippen LogP contribution in [0.4, 0.5) is 14.5 Å². The maximum Gasteiger partial charge on any atom is 0.354 e. The number of para-hydroxylation sites is 1. The average molecular weight is 444 g/mol. The molecule has 0 fully saturated rings. The average Bonchev–Trinajstić information content (AvgIpc) is 3.22. The summed E-state index contributed by atoms with van der Waals surface area (Å²) in [7, 11) is 3.35. The lowest BCUT2D eigenvalue weighted by atomic mass is 10.0. The van der Waals surface area contributed by atoms with E-state index in [1.165, 1.54) is 23.2 Å². The Bertz CT molecular complexity index is 978. The molecule has 0 spiro atoms. The summed E-state index contributed by atoms with van der Waals surface area (Å²) in [6.07, 6.45) is 0.0558. The first-order valence-electron chi connectivity index (χ1n) is 10.3. The highest BCUT2D eigenvalue weighted by atomic mass is 19.1. The summed E-state index contributed by atoms with van der Waals surface area (Å²) in [4.78, 5) is 26.9. The molecule has 7 nitrogen and oxygen atoms in total. The second-order valence-electron chi connectivity index (χ2n) is 7.53. The minimum atomic E-state index is -0.801. The van der Waals surface area contributed by atoms with Crippen LogP contribution in [-0.2, 0) is 14.3 Å². The second-order valence-corrected chi connectivity index (χ2v) is 7.53. The third-order valence-electron chi connectivity index (χ3n) is 5.17. The number of anilines is 1. The van der Waals surface area contributed by atoms with E-state index in [9.17, 15) is 18.4 Å². The first-order chi connectivity index (χ1) is 15.3. The number of benzene rings is 2. The number of nitrogens with one attached hydrogen (secondary N) is 1. The lowest BCUT2D eigenvalue weighted by molar-refractivity contribution is -0.135. The number of ether oxygens (including phenoxy) is 1. The number of hydrogen-bond donors (Lipinski definition) is 1. The number of esters is 1. The molecule has 1 N–H and O–H groups in total. The molecule has 1 aliphatic heterocycles. The summed E-state index contributed by atoms with van der Waals surface area (Å²) in [5.74, 6) is -2.36. The topological polar surface area (TPSA) is 74.2 Å². The number of carbonyl (C=O) groups excluding carboxylic acids is 2. The minimum Gasteiger partial charge on any atom is -0.461 e. The number of hydrazone groups is 1. The van der Waals surface area contributed by atoms with E-state index in [0.717, 1.165) is 0 Å². The van der Waals surface area contributed by atoms with Gasteiger partial charge < -0.3 is 15.0 Å². The Morgan fingerprint density at radius 2 is 1.81 bits per heavy atom. The number of hydrogen-bond acceptors (Lipinski definition) is 6. The number of carbonyl (C=O) groups is 2. The highest BCUT2D eigenvalue weighted by molar-refractivity contribution is 6.38. The first kappa shape index (κ1) is 23.3. The maximum atomic E-state index is 14.3. The molecule has 2 aromatic carbocycles. The predicted molar refractivity (Wildman–Crippen MR) is 117 cm³/mol. The van der Waals surface area contributed by atoms with Gasteiger partial charge in [0.25, 0.3) is 0 Å². The van der Waals surface area contributed by atoms with Crippen molar-refractivity contribution in [3.05, 3.63) is 65.7 Å². The normalized spacial score (nSPS) is 16.6. The van der Waals surface area contributed by atoms with E-state index in [4.69, 9.17) is 4.74 Å². The quantitative estimate of drug-likeness (QED) is 0.634. The van der Waals surface area contributed by atoms with E-state index < -0.39 is 35.6 Å². The molecule has 1 heterocycles. The van der Waals surface area contributed by atoms with Gasteiger partial charge in [-0.2, -0.15) is 5.10 Å². The number of amides is 1. The van der Waals surface area contributed by atoms with Gasteiger partial charge in [0, 0.05) is 18.5 Å². The van der Waals surface area contributed by atoms with Crippen LogP contribution in [0.15, 0.2) is 53.6 Å². The molecule has 0 bridgehead atoms. The molecule has 0 radical (unpaired) electrons. The van der Waals surface area contributed by atoms with Gasteiger partial charge in [0.2, 0.25) is 5.91 Å². The fraction of sp³-hybridized carbons (Fsp3) is 0.348. The Morgan fingerprint density at radius 3 is 2.41 bits per heavy atom. The highest BCUT2D eigenvalue weighted by Crippen LogP contribution is 2.27. The number of likely N-dealkylation sites (N-methyl/N-ethyl adjacent to an activating group) is 1. The van der Waals surface area contributed by atoms with Crippen LogP contribution in [0.3, 0.4) is 0 Å². The second kappa shape index (κ2) is 10.3. The van der Waals surface area contributed by atoms with E-state index in [0.29, 0.717) is 5.69 Å². The van der Waals surface area contributed by atoms with Crippen LogP contribution in [0.2, 0.25) is 0 Å². The maximum absolute atomic E-state index is 14.3. The molecule has 2 aromatic rings. The van der Waals surface area contributed by atoms with E-state index >= 15 is 0 Å². The zero-order chi connectivity index (χ0) is 23.3. The monoisotopic (exact) mass is 444 g/mol. The van der Waals surface area contributed by atoms with Gasteiger partial charge in [-0.15, -0.1) is 0 Å². The molecule has 0 aliphatic carbocycles. The number of rotatable bonds is 8. The fourth-order valence-corrected chi connectivity index (χ4v) is 3.56. The first-order valence-corrected chi connectivity index (χ1v) is 10.3. The van der Waals surface area contributed by atoms with E-state index in [1.54, 1.807) is 50.2 Å². The van der Waals surface area contributed by atoms with Crippen molar-refractivity contribution in [3.63, 3.8) is 0 Å². The minimum absolute atomic E-state index is 0.0302. The number of halogens is 2. The van der Waals surface area contributed by atoms with Gasteiger partial charge in [0.1, 0.15) is 23.4 Å². The fourth-order valence-electron chi connectivity index (χ4n) is 3.56. The molecule has 0 aromatic heterocycles. The molecule has 0 saturated carbocycles. The molecule has 2 unspecified atom stereocenters. The molecule has 2 atom stereocenters. The number of nitrogens with zero attached hydrogens (tertiary/aromatic N) is 3. The van der Waals surface area contributed by atoms with Gasteiger partial charge in [0.05, 0.1) is 18.3 Å². The summed E-state index contributed by atoms with van der Waals surface area (Å²) in [6, 6.07) is 11.1. The van der Waals surface area contributed by atoms with Crippen molar-refractivity contribution >= 4 is 23.3 Å². The molecule has 170 valence electrons. The molecule has 1 aliphatic rings. The molecule has 32 heavy (non-hydrogen) atoms. The molecule has 1 amide bonds. The highest BCUT2D eigenvalue weighted by Gasteiger charge is 2.37. The van der Waals surface area contributed by atoms with Gasteiger partial charge in [-0.3, -0.25) is 9.80 Å². The third kappa shape index (κ3) is 5.11. The van der Waals surface area contributed by atoms with Gasteiger partial charge in [-0.05, 0) is 45.3 Å². The zero-order valence-electron chi connectivity index (χ0n) is 18.2. The van der Waals surface area contributed by atoms with Crippen LogP contribution in [-0.4, -0.2) is 55.8 Å². The summed E-state index contributed by atoms with van der Waals surface area (Å²) in [6.45, 7) is 1.85. The lowest BCUT2D eigenvalue weighted by Gasteiger charge is -2.28. The molecular formula is C23H26F2N4O3. The van der Waals surface area contributed by atoms with Crippen molar-refractivity contribution in [1.82, 2.24) is 10.2 Å². The summed E-state index contributed by atoms with van der Waals surface area (Å²) in [5, 5.41) is 8.55. The van der Waals surface area contributed by atoms with E-state index in [1.807, 2.05) is 6.07 Å². The van der Waals surface area contributed by atoms with Crippen molar-refractivity contribution in [2.75, 3.05) is 32.3 Å². The summed E-state index contributed by atoms with van der Waals surface area (Å²) >= 11 is 0. The zero-order valence-corrected chi connectivity index (χ0v) is 18.2. The van der Waals surface area contributed by atoms with Crippen molar-refractivity contribution in [1.29, 1.82) is 0 Å². The van der Waals surface area contributed by atoms with Crippen molar-refractivity contribution in [2.24, 2.45) is 5.10 Å². The van der Waals surface area contributed by atoms with Crippen molar-refractivity contribution < 1.29 is 23.1 Å². The van der Waals surface area contributed by atoms with Crippen LogP contribution in [0.5, 0.6) is 0 Å². The molecule has 0 saturated heterocycles. The Kier molecular flexibility index (Phi) is 7.53. The Balaban J connectivity index is 1.79. The van der Waals surface area contributed by atoms with Crippen LogP contribution in [0.1, 0.15) is 24.9 Å². The lowest BCUT2D eigenvalue weighted by Crippen LogP contribution is -2.45. The molecular weight excluding hydrogens is 418 g/mol. The Morgan fingerprint density at radius 1 is 1.16 bits per heavy atom. The van der Waals surface area contributed by atoms with Crippen molar-refractivity contribution in [2.45, 2.75) is 25.4 Å². The molecule has 3 rings (SSSR count). The summed E-state index contributed by atoms with van der Waals surface area (Å²) < 4.78 is 33.7. The van der Waals surface area contributed by atoms with Crippen LogP contribution in [0.25, 0.3) is 0 Å². The van der Waals surface area contributed by atoms with E-state index in [2.05, 4.69) is 10.4 Å². The Labute approximate surface area is 185 Å². The predicted octanol–water partition coefficient (Wildman–Crippen LogP) is 2.88. The van der Waals surface area contributed by atoms with Gasteiger partial charge in [-0.1, -0.05) is 24.3 Å². The van der Waals surface area contributed by atoms with Crippen LogP contribution < -0.4 is 10.3 Å². The van der Waals surface area contributed by atoms with Gasteiger partial charge in [-0.25, -0.2) is 13.6 Å². The third-order valence-corrected chi connectivity index (χ3v) is 5.17. The van der Waals surface area contributed by atoms with E-state index in [-0.39, 0.29) is 30.8 Å². The molecule has 9 heteroatoms. The SMILES string of the molecule is CCOC(=O)C1=NN(c2ccccc2)C(C(=O)NCC(c2c(F)cccc2F)N(C)C)C1. The summed E-state index contributed by atoms with van der Waals surface area (Å²) in [5.41, 5.74) is 0.656. The standard InChI is InChI=1S/C23H26F2N4O3/c1-4-32-23(31)18-13-19(29(27-18)15-9-6-5-7-10-15)22(30)26-14-20(28(2)3)21-16(24)11-8-12-17(21)25/h5-12,19-20H,4,13-14H2,1-3H3,(H,26,30). The van der Waals surface area contributed by atoms with Crippen molar-refractivity contribution in [3.8, 4) is 0 Å². The smallest absolute Gasteiger partial charge is 0.354 e. The largest absolute Gasteiger partial charge is 0.461 e. The Hall–Kier alpha value is -3.33. The van der Waals surface area contributed by atoms with Gasteiger partial charge in [0.15, 0.2) is 0 Å². The van der Waals surface area contributed by atoms with Crippen LogP contribution >= 0.6 is 0 Å².